The predicted octanol–water partition coefficient (Wildman–Crippen LogP) is 0.366. The van der Waals surface area contributed by atoms with Gasteiger partial charge in [0.25, 0.3) is 0 Å². The molecule has 0 radical (unpaired) electrons. The summed E-state index contributed by atoms with van der Waals surface area (Å²) in [6.07, 6.45) is 2.04. The van der Waals surface area contributed by atoms with Gasteiger partial charge in [-0.2, -0.15) is 0 Å². The molecular weight excluding hydrogens is 190 g/mol. The van der Waals surface area contributed by atoms with Gasteiger partial charge in [0.2, 0.25) is 0 Å². The molecular formula is C8H17NO3S. The summed E-state index contributed by atoms with van der Waals surface area (Å²) in [5.74, 6) is 0.417. The lowest BCUT2D eigenvalue weighted by Gasteiger charge is -2.40. The van der Waals surface area contributed by atoms with Gasteiger partial charge >= 0.3 is 0 Å². The van der Waals surface area contributed by atoms with Crippen molar-refractivity contribution in [2.75, 3.05) is 26.0 Å². The third-order valence-corrected chi connectivity index (χ3v) is 3.73. The normalized spacial score (nSPS) is 36.1. The van der Waals surface area contributed by atoms with Crippen LogP contribution in [-0.4, -0.2) is 43.5 Å². The summed E-state index contributed by atoms with van der Waals surface area (Å²) in [6.45, 7) is 3.78. The van der Waals surface area contributed by atoms with Crippen LogP contribution in [0.2, 0.25) is 0 Å². The van der Waals surface area contributed by atoms with Gasteiger partial charge in [-0.3, -0.25) is 0 Å². The summed E-state index contributed by atoms with van der Waals surface area (Å²) in [6, 6.07) is 0. The molecule has 0 aliphatic carbocycles. The summed E-state index contributed by atoms with van der Waals surface area (Å²) in [7, 11) is -2.23. The van der Waals surface area contributed by atoms with Gasteiger partial charge in [-0.1, -0.05) is 6.92 Å². The average Bonchev–Trinajstić information content (AvgIpc) is 1.92. The van der Waals surface area contributed by atoms with Crippen molar-refractivity contribution in [2.45, 2.75) is 19.8 Å². The number of piperidine rings is 1. The van der Waals surface area contributed by atoms with E-state index in [1.807, 2.05) is 7.05 Å². The Balaban J connectivity index is 2.58. The van der Waals surface area contributed by atoms with Crippen LogP contribution in [0.5, 0.6) is 0 Å². The van der Waals surface area contributed by atoms with Crippen LogP contribution in [0, 0.1) is 5.92 Å². The highest BCUT2D eigenvalue weighted by Crippen LogP contribution is 2.21. The van der Waals surface area contributed by atoms with Crippen molar-refractivity contribution in [3.05, 3.63) is 0 Å². The molecule has 1 rings (SSSR count). The SMILES string of the molecule is CC1CC[N+](C)(CS(=O)(=O)[O-])CC1. The summed E-state index contributed by atoms with van der Waals surface area (Å²) in [5, 5.41) is 0. The van der Waals surface area contributed by atoms with Crippen molar-refractivity contribution >= 4 is 10.1 Å². The van der Waals surface area contributed by atoms with E-state index in [1.165, 1.54) is 0 Å². The molecule has 1 aliphatic rings. The molecule has 4 nitrogen and oxygen atoms in total. The molecule has 1 saturated heterocycles. The van der Waals surface area contributed by atoms with E-state index < -0.39 is 10.1 Å². The molecule has 0 atom stereocenters. The van der Waals surface area contributed by atoms with Crippen molar-refractivity contribution < 1.29 is 17.5 Å². The Labute approximate surface area is 79.9 Å². The number of quaternary nitrogens is 1. The van der Waals surface area contributed by atoms with Gasteiger partial charge in [-0.25, -0.2) is 8.42 Å². The Kier molecular flexibility index (Phi) is 2.99. The molecule has 13 heavy (non-hydrogen) atoms. The number of nitrogens with zero attached hydrogens (tertiary/aromatic N) is 1. The molecule has 1 fully saturated rings. The van der Waals surface area contributed by atoms with Crippen LogP contribution in [0.3, 0.4) is 0 Å². The van der Waals surface area contributed by atoms with Gasteiger partial charge in [0.05, 0.1) is 20.1 Å². The van der Waals surface area contributed by atoms with Crippen LogP contribution in [0.4, 0.5) is 0 Å². The van der Waals surface area contributed by atoms with Crippen LogP contribution in [0.25, 0.3) is 0 Å². The van der Waals surface area contributed by atoms with Crippen LogP contribution in [-0.2, 0) is 10.1 Å². The molecule has 5 heteroatoms. The van der Waals surface area contributed by atoms with Crippen molar-refractivity contribution in [3.63, 3.8) is 0 Å². The lowest BCUT2D eigenvalue weighted by Crippen LogP contribution is -2.52. The minimum atomic E-state index is -4.08. The average molecular weight is 207 g/mol. The van der Waals surface area contributed by atoms with Crippen LogP contribution < -0.4 is 0 Å². The lowest BCUT2D eigenvalue weighted by molar-refractivity contribution is -0.904. The van der Waals surface area contributed by atoms with Gasteiger partial charge in [0.15, 0.2) is 5.88 Å². The minimum Gasteiger partial charge on any atom is -0.744 e. The summed E-state index contributed by atoms with van der Waals surface area (Å²) in [5.41, 5.74) is 0. The second-order valence-electron chi connectivity index (χ2n) is 4.44. The third-order valence-electron chi connectivity index (χ3n) is 2.79. The smallest absolute Gasteiger partial charge is 0.169 e. The fraction of sp³-hybridized carbons (Fsp3) is 1.00. The maximum atomic E-state index is 10.6. The van der Waals surface area contributed by atoms with E-state index in [1.54, 1.807) is 0 Å². The first kappa shape index (κ1) is 10.9. The highest BCUT2D eigenvalue weighted by Gasteiger charge is 2.29. The van der Waals surface area contributed by atoms with Crippen LogP contribution >= 0.6 is 0 Å². The van der Waals surface area contributed by atoms with Gasteiger partial charge < -0.3 is 9.04 Å². The van der Waals surface area contributed by atoms with Crippen molar-refractivity contribution in [1.82, 2.24) is 0 Å². The molecule has 78 valence electrons. The summed E-state index contributed by atoms with van der Waals surface area (Å²) in [4.78, 5) is 0. The first-order chi connectivity index (χ1) is 5.81. The van der Waals surface area contributed by atoms with Gasteiger partial charge in [0.1, 0.15) is 10.1 Å². The molecule has 1 heterocycles. The van der Waals surface area contributed by atoms with Crippen molar-refractivity contribution in [1.29, 1.82) is 0 Å². The number of likely N-dealkylation sites (tertiary alicyclic amines) is 1. The van der Waals surface area contributed by atoms with Crippen molar-refractivity contribution in [2.24, 2.45) is 5.92 Å². The highest BCUT2D eigenvalue weighted by atomic mass is 32.2. The quantitative estimate of drug-likeness (QED) is 0.485. The molecule has 0 aromatic heterocycles. The maximum Gasteiger partial charge on any atom is 0.169 e. The Hall–Kier alpha value is -0.130. The molecule has 0 aromatic rings. The monoisotopic (exact) mass is 207 g/mol. The van der Waals surface area contributed by atoms with E-state index in [2.05, 4.69) is 6.92 Å². The lowest BCUT2D eigenvalue weighted by atomic mass is 9.98. The number of rotatable bonds is 2. The molecule has 1 aliphatic heterocycles. The van der Waals surface area contributed by atoms with Gasteiger partial charge in [0, 0.05) is 0 Å². The molecule has 0 N–H and O–H groups in total. The zero-order valence-electron chi connectivity index (χ0n) is 8.19. The Morgan fingerprint density at radius 3 is 2.23 bits per heavy atom. The van der Waals surface area contributed by atoms with E-state index in [-0.39, 0.29) is 5.88 Å². The van der Waals surface area contributed by atoms with Gasteiger partial charge in [-0.15, -0.1) is 0 Å². The molecule has 0 amide bonds. The van der Waals surface area contributed by atoms with E-state index in [9.17, 15) is 13.0 Å². The minimum absolute atomic E-state index is 0.250. The van der Waals surface area contributed by atoms with Gasteiger partial charge in [-0.05, 0) is 18.8 Å². The fourth-order valence-electron chi connectivity index (χ4n) is 1.83. The Bertz CT molecular complexity index is 265. The third kappa shape index (κ3) is 3.62. The largest absolute Gasteiger partial charge is 0.744 e. The van der Waals surface area contributed by atoms with Crippen LogP contribution in [0.15, 0.2) is 0 Å². The van der Waals surface area contributed by atoms with E-state index in [0.29, 0.717) is 10.4 Å². The Morgan fingerprint density at radius 2 is 1.85 bits per heavy atom. The zero-order valence-corrected chi connectivity index (χ0v) is 9.01. The number of hydrogen-bond acceptors (Lipinski definition) is 3. The summed E-state index contributed by atoms with van der Waals surface area (Å²) >= 11 is 0. The van der Waals surface area contributed by atoms with E-state index in [4.69, 9.17) is 0 Å². The zero-order chi connectivity index (χ0) is 10.1. The molecule has 0 spiro atoms. The summed E-state index contributed by atoms with van der Waals surface area (Å²) < 4.78 is 32.2. The highest BCUT2D eigenvalue weighted by molar-refractivity contribution is 7.85. The number of hydrogen-bond donors (Lipinski definition) is 0. The first-order valence-corrected chi connectivity index (χ1v) is 6.16. The fourth-order valence-corrected chi connectivity index (χ4v) is 2.85. The molecule has 0 aromatic carbocycles. The standard InChI is InChI=1S/C8H17NO3S/c1-8-3-5-9(2,6-4-8)7-13(10,11)12/h8H,3-7H2,1-2H3. The van der Waals surface area contributed by atoms with E-state index >= 15 is 0 Å². The maximum absolute atomic E-state index is 10.6. The predicted molar refractivity (Wildman–Crippen MR) is 48.9 cm³/mol. The topological polar surface area (TPSA) is 57.2 Å². The second kappa shape index (κ2) is 3.55. The second-order valence-corrected chi connectivity index (χ2v) is 5.81. The first-order valence-electron chi connectivity index (χ1n) is 4.58. The molecule has 0 bridgehead atoms. The molecule has 0 unspecified atom stereocenters. The van der Waals surface area contributed by atoms with Crippen LogP contribution in [0.1, 0.15) is 19.8 Å². The Morgan fingerprint density at radius 1 is 1.38 bits per heavy atom. The van der Waals surface area contributed by atoms with E-state index in [0.717, 1.165) is 25.9 Å². The van der Waals surface area contributed by atoms with Crippen molar-refractivity contribution in [3.8, 4) is 0 Å². The molecule has 0 saturated carbocycles.